The zero-order valence-corrected chi connectivity index (χ0v) is 17.2. The van der Waals surface area contributed by atoms with Gasteiger partial charge >= 0.3 is 5.69 Å². The fourth-order valence-corrected chi connectivity index (χ4v) is 3.57. The number of hydrogen-bond acceptors (Lipinski definition) is 7. The summed E-state index contributed by atoms with van der Waals surface area (Å²) in [7, 11) is 4.77. The lowest BCUT2D eigenvalue weighted by atomic mass is 10.1. The van der Waals surface area contributed by atoms with Gasteiger partial charge in [0.25, 0.3) is 5.56 Å². The Balaban J connectivity index is 1.92. The van der Waals surface area contributed by atoms with Crippen LogP contribution >= 0.6 is 0 Å². The van der Waals surface area contributed by atoms with E-state index in [9.17, 15) is 9.59 Å². The van der Waals surface area contributed by atoms with Crippen molar-refractivity contribution in [1.82, 2.24) is 18.7 Å². The van der Waals surface area contributed by atoms with Crippen LogP contribution in [0.2, 0.25) is 0 Å². The average molecular weight is 412 g/mol. The van der Waals surface area contributed by atoms with Crippen molar-refractivity contribution in [3.63, 3.8) is 0 Å². The van der Waals surface area contributed by atoms with E-state index in [2.05, 4.69) is 4.98 Å². The summed E-state index contributed by atoms with van der Waals surface area (Å²) in [5.74, 6) is 0.512. The van der Waals surface area contributed by atoms with Gasteiger partial charge in [0.1, 0.15) is 0 Å². The lowest BCUT2D eigenvalue weighted by molar-refractivity contribution is 0.184. The van der Waals surface area contributed by atoms with Crippen LogP contribution in [0.3, 0.4) is 0 Å². The molecular formula is C20H24N6O4. The van der Waals surface area contributed by atoms with Gasteiger partial charge in [-0.05, 0) is 5.56 Å². The molecule has 0 aliphatic carbocycles. The molecule has 0 amide bonds. The second-order valence-corrected chi connectivity index (χ2v) is 6.99. The van der Waals surface area contributed by atoms with Crippen molar-refractivity contribution in [2.45, 2.75) is 13.1 Å². The number of imidazole rings is 1. The van der Waals surface area contributed by atoms with Crippen molar-refractivity contribution in [2.24, 2.45) is 12.1 Å². The topological polar surface area (TPSA) is 95.9 Å². The molecule has 30 heavy (non-hydrogen) atoms. The molecular weight excluding hydrogens is 388 g/mol. The van der Waals surface area contributed by atoms with Crippen molar-refractivity contribution in [2.75, 3.05) is 39.0 Å². The molecule has 4 rings (SSSR count). The average Bonchev–Trinajstić information content (AvgIpc) is 3.16. The smallest absolute Gasteiger partial charge is 0.332 e. The molecule has 0 bridgehead atoms. The second kappa shape index (κ2) is 8.25. The van der Waals surface area contributed by atoms with Crippen LogP contribution in [0.5, 0.6) is 0 Å². The minimum Gasteiger partial charge on any atom is -0.383 e. The molecule has 0 atom stereocenters. The minimum absolute atomic E-state index is 0.172. The third-order valence-corrected chi connectivity index (χ3v) is 5.13. The predicted molar refractivity (Wildman–Crippen MR) is 113 cm³/mol. The van der Waals surface area contributed by atoms with Crippen molar-refractivity contribution < 1.29 is 9.47 Å². The van der Waals surface area contributed by atoms with Crippen LogP contribution < -0.4 is 16.3 Å². The number of methoxy groups -OCH3 is 2. The molecule has 3 aromatic rings. The normalized spacial score (nSPS) is 13.6. The van der Waals surface area contributed by atoms with Crippen molar-refractivity contribution >= 4 is 22.8 Å². The van der Waals surface area contributed by atoms with Gasteiger partial charge in [0.05, 0.1) is 38.6 Å². The maximum Gasteiger partial charge on any atom is 0.332 e. The monoisotopic (exact) mass is 412 g/mol. The van der Waals surface area contributed by atoms with E-state index >= 15 is 0 Å². The first kappa shape index (κ1) is 20.0. The highest BCUT2D eigenvalue weighted by molar-refractivity contribution is 6.02. The van der Waals surface area contributed by atoms with Crippen LogP contribution in [0, 0.1) is 0 Å². The van der Waals surface area contributed by atoms with E-state index in [1.165, 1.54) is 16.2 Å². The lowest BCUT2D eigenvalue weighted by Gasteiger charge is -2.26. The van der Waals surface area contributed by atoms with Gasteiger partial charge in [-0.1, -0.05) is 30.3 Å². The molecule has 10 nitrogen and oxygen atoms in total. The number of hydrogen-bond donors (Lipinski definition) is 0. The van der Waals surface area contributed by atoms with Gasteiger partial charge < -0.3 is 9.47 Å². The number of anilines is 1. The molecule has 0 radical (unpaired) electrons. The molecule has 0 saturated heterocycles. The Morgan fingerprint density at radius 3 is 2.43 bits per heavy atom. The van der Waals surface area contributed by atoms with Crippen molar-refractivity contribution in [3.05, 3.63) is 56.7 Å². The molecule has 1 aromatic carbocycles. The van der Waals surface area contributed by atoms with Gasteiger partial charge in [0.15, 0.2) is 11.2 Å². The number of aryl methyl sites for hydroxylation is 1. The molecule has 0 spiro atoms. The summed E-state index contributed by atoms with van der Waals surface area (Å²) < 4.78 is 14.7. The summed E-state index contributed by atoms with van der Waals surface area (Å²) in [5, 5.41) is 6.47. The first-order valence-electron chi connectivity index (χ1n) is 9.65. The highest BCUT2D eigenvalue weighted by atomic mass is 16.5. The maximum absolute atomic E-state index is 13.3. The van der Waals surface area contributed by atoms with Crippen LogP contribution in [0.4, 0.5) is 5.95 Å². The predicted octanol–water partition coefficient (Wildman–Crippen LogP) is 0.414. The fourth-order valence-electron chi connectivity index (χ4n) is 3.57. The first-order valence-corrected chi connectivity index (χ1v) is 9.65. The Morgan fingerprint density at radius 2 is 1.73 bits per heavy atom. The molecule has 0 fully saturated rings. The van der Waals surface area contributed by atoms with Gasteiger partial charge in [-0.15, -0.1) is 0 Å². The molecule has 10 heteroatoms. The van der Waals surface area contributed by atoms with Crippen LogP contribution in [-0.4, -0.2) is 58.4 Å². The maximum atomic E-state index is 13.3. The first-order chi connectivity index (χ1) is 14.6. The standard InChI is InChI=1S/C20H24N6O4/c1-23-17-16(18(27)24(20(23)28)9-11-29-2)25-13-15(14-7-5-4-6-8-14)22-26(10-12-30-3)19(25)21-17/h4-8H,9-13H2,1-3H3. The number of aromatic nitrogens is 4. The highest BCUT2D eigenvalue weighted by Crippen LogP contribution is 2.25. The SMILES string of the molecule is COCCN1N=C(c2ccccc2)Cn2c1nc1c2c(=O)n(CCOC)c(=O)n1C. The molecule has 3 heterocycles. The zero-order chi connectivity index (χ0) is 21.3. The van der Waals surface area contributed by atoms with Crippen LogP contribution in [0.1, 0.15) is 5.56 Å². The van der Waals surface area contributed by atoms with E-state index in [1.54, 1.807) is 19.2 Å². The molecule has 0 N–H and O–H groups in total. The quantitative estimate of drug-likeness (QED) is 0.558. The van der Waals surface area contributed by atoms with Crippen LogP contribution in [-0.2, 0) is 29.6 Å². The molecule has 0 saturated carbocycles. The molecule has 2 aromatic heterocycles. The van der Waals surface area contributed by atoms with Gasteiger partial charge in [-0.2, -0.15) is 10.1 Å². The summed E-state index contributed by atoms with van der Waals surface area (Å²) in [6, 6.07) is 9.78. The van der Waals surface area contributed by atoms with E-state index in [0.717, 1.165) is 11.3 Å². The number of fused-ring (bicyclic) bond motifs is 3. The van der Waals surface area contributed by atoms with E-state index in [0.29, 0.717) is 36.8 Å². The lowest BCUT2D eigenvalue weighted by Crippen LogP contribution is -2.41. The van der Waals surface area contributed by atoms with Gasteiger partial charge in [0.2, 0.25) is 5.95 Å². The van der Waals surface area contributed by atoms with Crippen molar-refractivity contribution in [1.29, 1.82) is 0 Å². The van der Waals surface area contributed by atoms with E-state index < -0.39 is 5.69 Å². The Kier molecular flexibility index (Phi) is 5.51. The van der Waals surface area contributed by atoms with Gasteiger partial charge in [-0.3, -0.25) is 18.5 Å². The molecule has 1 aliphatic rings. The Bertz CT molecular complexity index is 1210. The number of hydrazone groups is 1. The Hall–Kier alpha value is -3.24. The summed E-state index contributed by atoms with van der Waals surface area (Å²) in [6.07, 6.45) is 0. The minimum atomic E-state index is -0.423. The number of ether oxygens (including phenoxy) is 2. The summed E-state index contributed by atoms with van der Waals surface area (Å²) >= 11 is 0. The molecule has 1 aliphatic heterocycles. The molecule has 158 valence electrons. The Labute approximate surface area is 172 Å². The summed E-state index contributed by atoms with van der Waals surface area (Å²) in [6.45, 7) is 1.70. The number of rotatable bonds is 7. The van der Waals surface area contributed by atoms with Gasteiger partial charge in [0, 0.05) is 21.3 Å². The van der Waals surface area contributed by atoms with E-state index in [-0.39, 0.29) is 18.7 Å². The largest absolute Gasteiger partial charge is 0.383 e. The summed E-state index contributed by atoms with van der Waals surface area (Å²) in [4.78, 5) is 30.6. The summed E-state index contributed by atoms with van der Waals surface area (Å²) in [5.41, 5.74) is 1.65. The van der Waals surface area contributed by atoms with E-state index in [4.69, 9.17) is 14.6 Å². The number of nitrogens with zero attached hydrogens (tertiary/aromatic N) is 6. The van der Waals surface area contributed by atoms with Crippen LogP contribution in [0.25, 0.3) is 11.2 Å². The highest BCUT2D eigenvalue weighted by Gasteiger charge is 2.28. The Morgan fingerprint density at radius 1 is 1.03 bits per heavy atom. The third kappa shape index (κ3) is 3.33. The molecule has 0 unspecified atom stereocenters. The van der Waals surface area contributed by atoms with Crippen LogP contribution in [0.15, 0.2) is 45.0 Å². The third-order valence-electron chi connectivity index (χ3n) is 5.13. The van der Waals surface area contributed by atoms with Gasteiger partial charge in [-0.25, -0.2) is 9.80 Å². The zero-order valence-electron chi connectivity index (χ0n) is 17.2. The van der Waals surface area contributed by atoms with E-state index in [1.807, 2.05) is 34.9 Å². The second-order valence-electron chi connectivity index (χ2n) is 6.99. The fraction of sp³-hybridized carbons (Fsp3) is 0.400. The number of benzene rings is 1. The van der Waals surface area contributed by atoms with Crippen molar-refractivity contribution in [3.8, 4) is 0 Å².